The lowest BCUT2D eigenvalue weighted by molar-refractivity contribution is 0.265. The lowest BCUT2D eigenvalue weighted by Gasteiger charge is -2.26. The average Bonchev–Trinajstić information content (AvgIpc) is 2.26. The van der Waals surface area contributed by atoms with E-state index in [1.807, 2.05) is 20.8 Å². The average molecular weight is 237 g/mol. The van der Waals surface area contributed by atoms with Crippen molar-refractivity contribution in [3.05, 3.63) is 28.8 Å². The highest BCUT2D eigenvalue weighted by molar-refractivity contribution is 5.45. The molecule has 1 aromatic carbocycles. The van der Waals surface area contributed by atoms with E-state index in [1.165, 1.54) is 0 Å². The molecule has 1 atom stereocenters. The maximum Gasteiger partial charge on any atom is 0.124 e. The first-order valence-electron chi connectivity index (χ1n) is 5.98. The summed E-state index contributed by atoms with van der Waals surface area (Å²) in [4.78, 5) is 0. The highest BCUT2D eigenvalue weighted by Gasteiger charge is 2.22. The van der Waals surface area contributed by atoms with Crippen LogP contribution in [0.25, 0.3) is 0 Å². The molecule has 0 aliphatic rings. The van der Waals surface area contributed by atoms with Crippen molar-refractivity contribution >= 4 is 0 Å². The maximum absolute atomic E-state index is 8.89. The molecule has 0 saturated heterocycles. The number of rotatable bonds is 5. The zero-order valence-electron chi connectivity index (χ0n) is 11.2. The predicted octanol–water partition coefficient (Wildman–Crippen LogP) is 2.26. The molecule has 0 spiro atoms. The summed E-state index contributed by atoms with van der Waals surface area (Å²) in [6, 6.07) is 4.15. The van der Waals surface area contributed by atoms with Crippen molar-refractivity contribution < 1.29 is 9.84 Å². The van der Waals surface area contributed by atoms with Gasteiger partial charge in [0.05, 0.1) is 7.11 Å². The van der Waals surface area contributed by atoms with Gasteiger partial charge in [-0.15, -0.1) is 0 Å². The fourth-order valence-electron chi connectivity index (χ4n) is 2.19. The predicted molar refractivity (Wildman–Crippen MR) is 70.3 cm³/mol. The Morgan fingerprint density at radius 2 is 1.82 bits per heavy atom. The van der Waals surface area contributed by atoms with Gasteiger partial charge in [-0.1, -0.05) is 12.1 Å². The van der Waals surface area contributed by atoms with E-state index >= 15 is 0 Å². The van der Waals surface area contributed by atoms with Gasteiger partial charge in [0.25, 0.3) is 0 Å². The maximum atomic E-state index is 8.89. The van der Waals surface area contributed by atoms with Gasteiger partial charge in [0.1, 0.15) is 5.75 Å². The third-order valence-corrected chi connectivity index (χ3v) is 3.18. The van der Waals surface area contributed by atoms with Crippen LogP contribution in [0.1, 0.15) is 36.5 Å². The smallest absolute Gasteiger partial charge is 0.124 e. The molecule has 3 N–H and O–H groups in total. The van der Waals surface area contributed by atoms with Crippen LogP contribution in [0.5, 0.6) is 5.75 Å². The van der Waals surface area contributed by atoms with E-state index in [2.05, 4.69) is 12.1 Å². The second kappa shape index (κ2) is 5.52. The van der Waals surface area contributed by atoms with Crippen LogP contribution < -0.4 is 10.5 Å². The van der Waals surface area contributed by atoms with Crippen molar-refractivity contribution in [1.29, 1.82) is 0 Å². The number of benzene rings is 1. The summed E-state index contributed by atoms with van der Waals surface area (Å²) in [7, 11) is 1.68. The molecular weight excluding hydrogens is 214 g/mol. The van der Waals surface area contributed by atoms with Crippen LogP contribution in [0.4, 0.5) is 0 Å². The van der Waals surface area contributed by atoms with Crippen LogP contribution in [0, 0.1) is 13.8 Å². The number of aryl methyl sites for hydroxylation is 2. The fraction of sp³-hybridized carbons (Fsp3) is 0.571. The van der Waals surface area contributed by atoms with E-state index in [-0.39, 0.29) is 6.61 Å². The minimum atomic E-state index is -0.398. The molecule has 0 radical (unpaired) electrons. The van der Waals surface area contributed by atoms with Gasteiger partial charge >= 0.3 is 0 Å². The van der Waals surface area contributed by atoms with E-state index < -0.39 is 5.54 Å². The first kappa shape index (κ1) is 14.0. The Kier molecular flexibility index (Phi) is 4.54. The molecule has 1 aromatic rings. The molecule has 0 fully saturated rings. The van der Waals surface area contributed by atoms with Crippen molar-refractivity contribution in [1.82, 2.24) is 0 Å². The minimum Gasteiger partial charge on any atom is -0.496 e. The molecule has 0 bridgehead atoms. The van der Waals surface area contributed by atoms with E-state index in [9.17, 15) is 0 Å². The summed E-state index contributed by atoms with van der Waals surface area (Å²) in [6.07, 6.45) is 1.49. The first-order chi connectivity index (χ1) is 7.92. The summed E-state index contributed by atoms with van der Waals surface area (Å²) in [5.41, 5.74) is 9.20. The second-order valence-electron chi connectivity index (χ2n) is 4.89. The lowest BCUT2D eigenvalue weighted by atomic mass is 9.86. The Morgan fingerprint density at radius 3 is 2.24 bits per heavy atom. The molecule has 96 valence electrons. The number of methoxy groups -OCH3 is 1. The summed E-state index contributed by atoms with van der Waals surface area (Å²) in [6.45, 7) is 6.24. The topological polar surface area (TPSA) is 55.5 Å². The first-order valence-corrected chi connectivity index (χ1v) is 5.98. The van der Waals surface area contributed by atoms with Gasteiger partial charge in [0, 0.05) is 12.1 Å². The number of ether oxygens (including phenoxy) is 1. The summed E-state index contributed by atoms with van der Waals surface area (Å²) < 4.78 is 5.34. The Morgan fingerprint density at radius 1 is 1.29 bits per heavy atom. The number of nitrogens with two attached hydrogens (primary N) is 1. The Hall–Kier alpha value is -1.06. The standard InChI is InChI=1S/C14H23NO2/c1-10-8-12(9-11(2)13(10)17-4)14(3,15)6-5-7-16/h8-9,16H,5-7,15H2,1-4H3. The third-order valence-electron chi connectivity index (χ3n) is 3.18. The second-order valence-corrected chi connectivity index (χ2v) is 4.89. The van der Waals surface area contributed by atoms with Crippen LogP contribution >= 0.6 is 0 Å². The van der Waals surface area contributed by atoms with Crippen LogP contribution in [0.3, 0.4) is 0 Å². The van der Waals surface area contributed by atoms with Gasteiger partial charge in [-0.3, -0.25) is 0 Å². The molecule has 1 rings (SSSR count). The Bertz CT molecular complexity index is 363. The SMILES string of the molecule is COc1c(C)cc(C(C)(N)CCCO)cc1C. The molecule has 0 heterocycles. The molecule has 3 heteroatoms. The highest BCUT2D eigenvalue weighted by atomic mass is 16.5. The molecule has 0 aliphatic carbocycles. The van der Waals surface area contributed by atoms with Gasteiger partial charge in [-0.25, -0.2) is 0 Å². The molecule has 0 amide bonds. The number of aliphatic hydroxyl groups is 1. The van der Waals surface area contributed by atoms with Crippen molar-refractivity contribution in [2.24, 2.45) is 5.73 Å². The zero-order valence-corrected chi connectivity index (χ0v) is 11.2. The quantitative estimate of drug-likeness (QED) is 0.826. The van der Waals surface area contributed by atoms with E-state index in [0.717, 1.165) is 35.3 Å². The summed E-state index contributed by atoms with van der Waals surface area (Å²) >= 11 is 0. The van der Waals surface area contributed by atoms with Crippen LogP contribution in [-0.4, -0.2) is 18.8 Å². The molecule has 1 unspecified atom stereocenters. The van der Waals surface area contributed by atoms with Crippen molar-refractivity contribution in [3.8, 4) is 5.75 Å². The molecule has 3 nitrogen and oxygen atoms in total. The zero-order chi connectivity index (χ0) is 13.1. The number of aliphatic hydroxyl groups excluding tert-OH is 1. The van der Waals surface area contributed by atoms with Crippen LogP contribution in [0.2, 0.25) is 0 Å². The van der Waals surface area contributed by atoms with Crippen LogP contribution in [0.15, 0.2) is 12.1 Å². The number of hydrogen-bond donors (Lipinski definition) is 2. The highest BCUT2D eigenvalue weighted by Crippen LogP contribution is 2.30. The molecular formula is C14H23NO2. The van der Waals surface area contributed by atoms with Crippen molar-refractivity contribution in [2.75, 3.05) is 13.7 Å². The van der Waals surface area contributed by atoms with Gasteiger partial charge in [0.15, 0.2) is 0 Å². The van der Waals surface area contributed by atoms with Crippen molar-refractivity contribution in [3.63, 3.8) is 0 Å². The van der Waals surface area contributed by atoms with Gasteiger partial charge < -0.3 is 15.6 Å². The largest absolute Gasteiger partial charge is 0.496 e. The van der Waals surface area contributed by atoms with Crippen molar-refractivity contribution in [2.45, 2.75) is 39.2 Å². The summed E-state index contributed by atoms with van der Waals surface area (Å²) in [5.74, 6) is 0.923. The third kappa shape index (κ3) is 3.20. The molecule has 0 aliphatic heterocycles. The van der Waals surface area contributed by atoms with Crippen LogP contribution in [-0.2, 0) is 5.54 Å². The Balaban J connectivity index is 3.07. The number of hydrogen-bond acceptors (Lipinski definition) is 3. The van der Waals surface area contributed by atoms with Gasteiger partial charge in [-0.2, -0.15) is 0 Å². The monoisotopic (exact) mass is 237 g/mol. The molecule has 17 heavy (non-hydrogen) atoms. The van der Waals surface area contributed by atoms with Gasteiger partial charge in [0.2, 0.25) is 0 Å². The fourth-order valence-corrected chi connectivity index (χ4v) is 2.19. The van der Waals surface area contributed by atoms with Gasteiger partial charge in [-0.05, 0) is 50.3 Å². The lowest BCUT2D eigenvalue weighted by Crippen LogP contribution is -2.33. The van der Waals surface area contributed by atoms with E-state index in [4.69, 9.17) is 15.6 Å². The molecule has 0 saturated carbocycles. The Labute approximate surface area is 104 Å². The molecule has 0 aromatic heterocycles. The summed E-state index contributed by atoms with van der Waals surface area (Å²) in [5, 5.41) is 8.89. The normalized spacial score (nSPS) is 14.5. The minimum absolute atomic E-state index is 0.181. The van der Waals surface area contributed by atoms with E-state index in [1.54, 1.807) is 7.11 Å². The van der Waals surface area contributed by atoms with E-state index in [0.29, 0.717) is 0 Å².